The highest BCUT2D eigenvalue weighted by atomic mass is 15.3. The molecule has 80 valence electrons. The smallest absolute Gasteiger partial charge is 0.0666 e. The quantitative estimate of drug-likeness (QED) is 0.677. The number of likely N-dealkylation sites (N-methyl/N-ethyl adjacent to an activating group) is 1. The van der Waals surface area contributed by atoms with Crippen LogP contribution in [0.15, 0.2) is 0 Å². The predicted molar refractivity (Wildman–Crippen MR) is 57.9 cm³/mol. The van der Waals surface area contributed by atoms with E-state index in [1.165, 1.54) is 6.42 Å². The molecule has 0 saturated carbocycles. The minimum absolute atomic E-state index is 0.163. The van der Waals surface area contributed by atoms with E-state index < -0.39 is 0 Å². The summed E-state index contributed by atoms with van der Waals surface area (Å²) in [7, 11) is 2.19. The van der Waals surface area contributed by atoms with Gasteiger partial charge in [-0.1, -0.05) is 6.92 Å². The van der Waals surface area contributed by atoms with Gasteiger partial charge in [-0.2, -0.15) is 5.26 Å². The lowest BCUT2D eigenvalue weighted by molar-refractivity contribution is 0.0881. The first-order chi connectivity index (χ1) is 6.67. The van der Waals surface area contributed by atoms with Gasteiger partial charge in [-0.05, 0) is 20.4 Å². The topological polar surface area (TPSA) is 30.3 Å². The third-order valence-electron chi connectivity index (χ3n) is 3.08. The van der Waals surface area contributed by atoms with Crippen LogP contribution in [0.4, 0.5) is 0 Å². The predicted octanol–water partition coefficient (Wildman–Crippen LogP) is 1.17. The van der Waals surface area contributed by atoms with Crippen molar-refractivity contribution in [2.45, 2.75) is 26.3 Å². The van der Waals surface area contributed by atoms with Gasteiger partial charge in [0.25, 0.3) is 0 Å². The van der Waals surface area contributed by atoms with Gasteiger partial charge in [0.2, 0.25) is 0 Å². The summed E-state index contributed by atoms with van der Waals surface area (Å²) in [4.78, 5) is 4.84. The van der Waals surface area contributed by atoms with Crippen molar-refractivity contribution in [1.29, 1.82) is 5.26 Å². The fourth-order valence-corrected chi connectivity index (χ4v) is 2.05. The summed E-state index contributed by atoms with van der Waals surface area (Å²) in [6.07, 6.45) is 1.20. The van der Waals surface area contributed by atoms with E-state index in [0.717, 1.165) is 26.2 Å². The Balaban J connectivity index is 2.39. The molecular formula is C11H21N3. The van der Waals surface area contributed by atoms with Crippen LogP contribution < -0.4 is 0 Å². The van der Waals surface area contributed by atoms with E-state index in [-0.39, 0.29) is 5.92 Å². The van der Waals surface area contributed by atoms with Crippen LogP contribution in [-0.2, 0) is 0 Å². The third kappa shape index (κ3) is 2.97. The first kappa shape index (κ1) is 11.5. The van der Waals surface area contributed by atoms with Gasteiger partial charge in [0.1, 0.15) is 0 Å². The van der Waals surface area contributed by atoms with Crippen molar-refractivity contribution in [2.75, 3.05) is 33.2 Å². The van der Waals surface area contributed by atoms with Gasteiger partial charge in [-0.3, -0.25) is 4.90 Å². The van der Waals surface area contributed by atoms with Crippen LogP contribution in [0.3, 0.4) is 0 Å². The molecule has 0 N–H and O–H groups in total. The maximum atomic E-state index is 8.75. The van der Waals surface area contributed by atoms with E-state index in [1.807, 2.05) is 6.92 Å². The molecule has 2 unspecified atom stereocenters. The van der Waals surface area contributed by atoms with E-state index in [2.05, 4.69) is 29.8 Å². The van der Waals surface area contributed by atoms with Crippen LogP contribution in [-0.4, -0.2) is 49.1 Å². The van der Waals surface area contributed by atoms with Crippen LogP contribution in [0.5, 0.6) is 0 Å². The SMILES string of the molecule is CCC1CN(CC(C)C#N)CCN1C. The second-order valence-corrected chi connectivity index (χ2v) is 4.33. The number of nitriles is 1. The van der Waals surface area contributed by atoms with Gasteiger partial charge in [0.15, 0.2) is 0 Å². The lowest BCUT2D eigenvalue weighted by Crippen LogP contribution is -2.51. The third-order valence-corrected chi connectivity index (χ3v) is 3.08. The first-order valence-corrected chi connectivity index (χ1v) is 5.49. The van der Waals surface area contributed by atoms with Crippen LogP contribution in [0.25, 0.3) is 0 Å². The van der Waals surface area contributed by atoms with Gasteiger partial charge in [-0.25, -0.2) is 0 Å². The molecule has 0 spiro atoms. The number of hydrogen-bond acceptors (Lipinski definition) is 3. The molecule has 1 fully saturated rings. The molecule has 3 heteroatoms. The first-order valence-electron chi connectivity index (χ1n) is 5.49. The lowest BCUT2D eigenvalue weighted by atomic mass is 10.1. The van der Waals surface area contributed by atoms with Crippen molar-refractivity contribution in [1.82, 2.24) is 9.80 Å². The molecule has 14 heavy (non-hydrogen) atoms. The molecule has 0 aliphatic carbocycles. The van der Waals surface area contributed by atoms with E-state index >= 15 is 0 Å². The zero-order chi connectivity index (χ0) is 10.6. The molecule has 1 saturated heterocycles. The van der Waals surface area contributed by atoms with Gasteiger partial charge in [-0.15, -0.1) is 0 Å². The van der Waals surface area contributed by atoms with Crippen molar-refractivity contribution in [3.63, 3.8) is 0 Å². The van der Waals surface area contributed by atoms with E-state index in [1.54, 1.807) is 0 Å². The summed E-state index contributed by atoms with van der Waals surface area (Å²) in [5.41, 5.74) is 0. The Morgan fingerprint density at radius 2 is 2.21 bits per heavy atom. The van der Waals surface area contributed by atoms with Crippen molar-refractivity contribution in [3.05, 3.63) is 0 Å². The Kier molecular flexibility index (Phi) is 4.37. The highest BCUT2D eigenvalue weighted by Crippen LogP contribution is 2.11. The van der Waals surface area contributed by atoms with Crippen LogP contribution in [0.2, 0.25) is 0 Å². The Bertz CT molecular complexity index is 209. The standard InChI is InChI=1S/C11H21N3/c1-4-11-9-14(6-5-13(11)3)8-10(2)7-12/h10-11H,4-6,8-9H2,1-3H3. The summed E-state index contributed by atoms with van der Waals surface area (Å²) in [5.74, 6) is 0.163. The fourth-order valence-electron chi connectivity index (χ4n) is 2.05. The van der Waals surface area contributed by atoms with Crippen molar-refractivity contribution in [2.24, 2.45) is 5.92 Å². The summed E-state index contributed by atoms with van der Waals surface area (Å²) >= 11 is 0. The minimum Gasteiger partial charge on any atom is -0.301 e. The Hall–Kier alpha value is -0.590. The summed E-state index contributed by atoms with van der Waals surface area (Å²) in [6, 6.07) is 2.98. The minimum atomic E-state index is 0.163. The Labute approximate surface area is 87.3 Å². The lowest BCUT2D eigenvalue weighted by Gasteiger charge is -2.39. The monoisotopic (exact) mass is 195 g/mol. The average Bonchev–Trinajstić information content (AvgIpc) is 2.20. The zero-order valence-corrected chi connectivity index (χ0v) is 9.53. The summed E-state index contributed by atoms with van der Waals surface area (Å²) < 4.78 is 0. The second kappa shape index (κ2) is 5.33. The Morgan fingerprint density at radius 3 is 2.79 bits per heavy atom. The molecule has 0 aromatic carbocycles. The van der Waals surface area contributed by atoms with Crippen LogP contribution in [0.1, 0.15) is 20.3 Å². The molecule has 0 bridgehead atoms. The summed E-state index contributed by atoms with van der Waals surface area (Å²) in [5, 5.41) is 8.75. The zero-order valence-electron chi connectivity index (χ0n) is 9.53. The molecule has 0 radical (unpaired) electrons. The fraction of sp³-hybridized carbons (Fsp3) is 0.909. The molecule has 0 aromatic heterocycles. The van der Waals surface area contributed by atoms with Crippen LogP contribution >= 0.6 is 0 Å². The number of nitrogens with zero attached hydrogens (tertiary/aromatic N) is 3. The maximum absolute atomic E-state index is 8.75. The molecule has 2 atom stereocenters. The van der Waals surface area contributed by atoms with Gasteiger partial charge >= 0.3 is 0 Å². The number of rotatable bonds is 3. The number of piperazine rings is 1. The normalized spacial score (nSPS) is 27.1. The second-order valence-electron chi connectivity index (χ2n) is 4.33. The van der Waals surface area contributed by atoms with E-state index in [9.17, 15) is 0 Å². The Morgan fingerprint density at radius 1 is 1.50 bits per heavy atom. The van der Waals surface area contributed by atoms with E-state index in [0.29, 0.717) is 6.04 Å². The maximum Gasteiger partial charge on any atom is 0.0666 e. The number of hydrogen-bond donors (Lipinski definition) is 0. The molecule has 0 amide bonds. The largest absolute Gasteiger partial charge is 0.301 e. The highest BCUT2D eigenvalue weighted by Gasteiger charge is 2.23. The van der Waals surface area contributed by atoms with Crippen LogP contribution in [0, 0.1) is 17.2 Å². The van der Waals surface area contributed by atoms with Gasteiger partial charge in [0, 0.05) is 32.2 Å². The van der Waals surface area contributed by atoms with Crippen molar-refractivity contribution < 1.29 is 0 Å². The molecule has 1 rings (SSSR count). The van der Waals surface area contributed by atoms with Gasteiger partial charge < -0.3 is 4.90 Å². The molecule has 1 aliphatic heterocycles. The van der Waals surface area contributed by atoms with Crippen molar-refractivity contribution >= 4 is 0 Å². The average molecular weight is 195 g/mol. The summed E-state index contributed by atoms with van der Waals surface area (Å²) in [6.45, 7) is 8.53. The molecule has 3 nitrogen and oxygen atoms in total. The molecule has 1 heterocycles. The molecule has 1 aliphatic rings. The molecular weight excluding hydrogens is 174 g/mol. The molecule has 0 aromatic rings. The van der Waals surface area contributed by atoms with Gasteiger partial charge in [0.05, 0.1) is 12.0 Å². The van der Waals surface area contributed by atoms with E-state index in [4.69, 9.17) is 5.26 Å². The van der Waals surface area contributed by atoms with Crippen molar-refractivity contribution in [3.8, 4) is 6.07 Å². The highest BCUT2D eigenvalue weighted by molar-refractivity contribution is 4.85.